The zero-order valence-electron chi connectivity index (χ0n) is 20.7. The monoisotopic (exact) mass is 496 g/mol. The van der Waals surface area contributed by atoms with Crippen molar-refractivity contribution in [2.45, 2.75) is 13.5 Å². The summed E-state index contributed by atoms with van der Waals surface area (Å²) in [6.45, 7) is 4.60. The highest BCUT2D eigenvalue weighted by Crippen LogP contribution is 2.36. The second-order valence-corrected chi connectivity index (χ2v) is 9.56. The lowest BCUT2D eigenvalue weighted by atomic mass is 9.97. The molecule has 0 saturated heterocycles. The van der Waals surface area contributed by atoms with E-state index in [2.05, 4.69) is 88.6 Å². The van der Waals surface area contributed by atoms with E-state index in [0.29, 0.717) is 5.95 Å². The maximum absolute atomic E-state index is 6.76. The first kappa shape index (κ1) is 24.0. The number of nitrogens with zero attached hydrogens (tertiary/aromatic N) is 5. The zero-order valence-corrected chi connectivity index (χ0v) is 21.5. The number of rotatable bonds is 7. The second kappa shape index (κ2) is 10.5. The first-order valence-electron chi connectivity index (χ1n) is 12.0. The first-order chi connectivity index (χ1) is 17.5. The molecule has 2 aromatic heterocycles. The fourth-order valence-electron chi connectivity index (χ4n) is 4.41. The molecular weight excluding hydrogens is 468 g/mol. The van der Waals surface area contributed by atoms with Gasteiger partial charge in [0, 0.05) is 60.1 Å². The number of aromatic nitrogens is 3. The Bertz CT molecular complexity index is 1380. The highest BCUT2D eigenvalue weighted by molar-refractivity contribution is 6.33. The first-order valence-corrected chi connectivity index (χ1v) is 12.4. The molecule has 0 bridgehead atoms. The van der Waals surface area contributed by atoms with Gasteiger partial charge in [0.05, 0.1) is 0 Å². The molecule has 0 radical (unpaired) electrons. The van der Waals surface area contributed by atoms with Gasteiger partial charge < -0.3 is 15.1 Å². The highest BCUT2D eigenvalue weighted by atomic mass is 35.5. The Morgan fingerprint density at radius 2 is 1.86 bits per heavy atom. The standard InChI is InChI=1S/C29H29ClN6/c1-4-36-19-24(26-12-9-21(15-27(26)30)22-6-5-13-31-16-22)14-23-17-32-29(34-28(23)36)33-25-10-7-20(8-11-25)18-35(2)3/h5-17H,4,18-19H2,1-3H3,(H,32,33,34). The Hall–Kier alpha value is -3.74. The molecule has 2 aromatic carbocycles. The number of hydrogen-bond donors (Lipinski definition) is 1. The van der Waals surface area contributed by atoms with E-state index in [4.69, 9.17) is 16.6 Å². The Morgan fingerprint density at radius 3 is 2.56 bits per heavy atom. The fourth-order valence-corrected chi connectivity index (χ4v) is 4.71. The van der Waals surface area contributed by atoms with Gasteiger partial charge in [-0.25, -0.2) is 4.98 Å². The van der Waals surface area contributed by atoms with Gasteiger partial charge in [-0.05, 0) is 73.6 Å². The van der Waals surface area contributed by atoms with Gasteiger partial charge in [0.25, 0.3) is 0 Å². The molecular formula is C29H29ClN6. The van der Waals surface area contributed by atoms with Crippen LogP contribution >= 0.6 is 11.6 Å². The lowest BCUT2D eigenvalue weighted by molar-refractivity contribution is 0.402. The average Bonchev–Trinajstić information content (AvgIpc) is 2.89. The summed E-state index contributed by atoms with van der Waals surface area (Å²) in [5.74, 6) is 1.51. The molecule has 0 amide bonds. The van der Waals surface area contributed by atoms with Crippen LogP contribution in [0.25, 0.3) is 22.8 Å². The third-order valence-corrected chi connectivity index (χ3v) is 6.50. The molecule has 1 N–H and O–H groups in total. The van der Waals surface area contributed by atoms with Gasteiger partial charge in [-0.2, -0.15) is 4.98 Å². The maximum atomic E-state index is 6.76. The van der Waals surface area contributed by atoms with Crippen molar-refractivity contribution in [2.24, 2.45) is 0 Å². The Labute approximate surface area is 217 Å². The molecule has 0 fully saturated rings. The molecule has 0 aliphatic carbocycles. The second-order valence-electron chi connectivity index (χ2n) is 9.15. The average molecular weight is 497 g/mol. The Balaban J connectivity index is 1.40. The number of fused-ring (bicyclic) bond motifs is 1. The van der Waals surface area contributed by atoms with E-state index >= 15 is 0 Å². The quantitative estimate of drug-likeness (QED) is 0.320. The molecule has 36 heavy (non-hydrogen) atoms. The molecule has 3 heterocycles. The molecule has 4 aromatic rings. The molecule has 0 saturated carbocycles. The number of benzene rings is 2. The fraction of sp³-hybridized carbons (Fsp3) is 0.207. The minimum Gasteiger partial charge on any atom is -0.352 e. The predicted octanol–water partition coefficient (Wildman–Crippen LogP) is 6.38. The molecule has 0 atom stereocenters. The van der Waals surface area contributed by atoms with Gasteiger partial charge >= 0.3 is 0 Å². The van der Waals surface area contributed by atoms with E-state index in [1.54, 1.807) is 6.20 Å². The van der Waals surface area contributed by atoms with Crippen molar-refractivity contribution in [1.82, 2.24) is 19.9 Å². The maximum Gasteiger partial charge on any atom is 0.229 e. The summed E-state index contributed by atoms with van der Waals surface area (Å²) in [6, 6.07) is 18.5. The largest absolute Gasteiger partial charge is 0.352 e. The molecule has 6 nitrogen and oxygen atoms in total. The van der Waals surface area contributed by atoms with Crippen LogP contribution in [0.3, 0.4) is 0 Å². The Morgan fingerprint density at radius 1 is 1.03 bits per heavy atom. The summed E-state index contributed by atoms with van der Waals surface area (Å²) in [6.07, 6.45) is 7.65. The van der Waals surface area contributed by atoms with Gasteiger partial charge in [0.1, 0.15) is 5.82 Å². The molecule has 0 spiro atoms. The topological polar surface area (TPSA) is 57.2 Å². The van der Waals surface area contributed by atoms with Crippen LogP contribution in [0, 0.1) is 0 Å². The number of anilines is 3. The number of nitrogens with one attached hydrogen (secondary N) is 1. The van der Waals surface area contributed by atoms with Crippen LogP contribution in [0.2, 0.25) is 5.02 Å². The number of halogens is 1. The van der Waals surface area contributed by atoms with Crippen LogP contribution in [0.5, 0.6) is 0 Å². The van der Waals surface area contributed by atoms with E-state index in [1.165, 1.54) is 5.56 Å². The summed E-state index contributed by atoms with van der Waals surface area (Å²) >= 11 is 6.76. The summed E-state index contributed by atoms with van der Waals surface area (Å²) in [4.78, 5) is 18.1. The summed E-state index contributed by atoms with van der Waals surface area (Å²) < 4.78 is 0. The van der Waals surface area contributed by atoms with Crippen molar-refractivity contribution in [1.29, 1.82) is 0 Å². The normalized spacial score (nSPS) is 12.9. The molecule has 182 valence electrons. The van der Waals surface area contributed by atoms with Crippen LogP contribution in [0.4, 0.5) is 17.5 Å². The van der Waals surface area contributed by atoms with Crippen molar-refractivity contribution < 1.29 is 0 Å². The van der Waals surface area contributed by atoms with Crippen molar-refractivity contribution in [2.75, 3.05) is 37.4 Å². The zero-order chi connectivity index (χ0) is 25.1. The molecule has 7 heteroatoms. The van der Waals surface area contributed by atoms with E-state index in [-0.39, 0.29) is 0 Å². The summed E-state index contributed by atoms with van der Waals surface area (Å²) in [7, 11) is 4.13. The van der Waals surface area contributed by atoms with E-state index in [0.717, 1.165) is 64.0 Å². The molecule has 0 unspecified atom stereocenters. The number of hydrogen-bond acceptors (Lipinski definition) is 6. The van der Waals surface area contributed by atoms with Crippen LogP contribution < -0.4 is 10.2 Å². The van der Waals surface area contributed by atoms with Crippen molar-refractivity contribution in [3.05, 3.63) is 94.9 Å². The molecule has 5 rings (SSSR count). The number of pyridine rings is 1. The lowest BCUT2D eigenvalue weighted by Crippen LogP contribution is -2.29. The van der Waals surface area contributed by atoms with Gasteiger partial charge in [-0.3, -0.25) is 4.98 Å². The van der Waals surface area contributed by atoms with E-state index in [9.17, 15) is 0 Å². The van der Waals surface area contributed by atoms with Crippen LogP contribution in [0.1, 0.15) is 23.6 Å². The van der Waals surface area contributed by atoms with E-state index < -0.39 is 0 Å². The van der Waals surface area contributed by atoms with Gasteiger partial charge in [-0.15, -0.1) is 0 Å². The van der Waals surface area contributed by atoms with E-state index in [1.807, 2.05) is 30.6 Å². The van der Waals surface area contributed by atoms with Crippen LogP contribution in [0.15, 0.2) is 73.2 Å². The smallest absolute Gasteiger partial charge is 0.229 e. The van der Waals surface area contributed by atoms with Crippen molar-refractivity contribution in [3.8, 4) is 11.1 Å². The number of likely N-dealkylation sites (N-methyl/N-ethyl adjacent to an activating group) is 1. The third-order valence-electron chi connectivity index (χ3n) is 6.19. The summed E-state index contributed by atoms with van der Waals surface area (Å²) in [5, 5.41) is 4.06. The van der Waals surface area contributed by atoms with Crippen LogP contribution in [-0.4, -0.2) is 47.0 Å². The van der Waals surface area contributed by atoms with Crippen molar-refractivity contribution >= 4 is 40.7 Å². The lowest BCUT2D eigenvalue weighted by Gasteiger charge is -2.29. The summed E-state index contributed by atoms with van der Waals surface area (Å²) in [5.41, 5.74) is 7.48. The predicted molar refractivity (Wildman–Crippen MR) is 150 cm³/mol. The van der Waals surface area contributed by atoms with Crippen LogP contribution in [-0.2, 0) is 6.54 Å². The molecule has 1 aliphatic rings. The minimum atomic E-state index is 0.586. The molecule has 1 aliphatic heterocycles. The SMILES string of the molecule is CCN1CC(c2ccc(-c3cccnc3)cc2Cl)=Cc2cnc(Nc3ccc(CN(C)C)cc3)nc21. The third kappa shape index (κ3) is 5.25. The van der Waals surface area contributed by atoms with Gasteiger partial charge in [-0.1, -0.05) is 41.9 Å². The van der Waals surface area contributed by atoms with Crippen molar-refractivity contribution in [3.63, 3.8) is 0 Å². The van der Waals surface area contributed by atoms with Gasteiger partial charge in [0.2, 0.25) is 5.95 Å². The highest BCUT2D eigenvalue weighted by Gasteiger charge is 2.22. The Kier molecular flexibility index (Phi) is 6.98. The van der Waals surface area contributed by atoms with Gasteiger partial charge in [0.15, 0.2) is 0 Å². The minimum absolute atomic E-state index is 0.586.